The number of fused-ring (bicyclic) bond motifs is 3. The predicted molar refractivity (Wildman–Crippen MR) is 107 cm³/mol. The number of rotatable bonds is 3. The predicted octanol–water partition coefficient (Wildman–Crippen LogP) is 4.88. The fourth-order valence-corrected chi connectivity index (χ4v) is 3.81. The highest BCUT2D eigenvalue weighted by Crippen LogP contribution is 2.36. The summed E-state index contributed by atoms with van der Waals surface area (Å²) in [6.45, 7) is 0. The summed E-state index contributed by atoms with van der Waals surface area (Å²) in [4.78, 5) is 23.7. The summed E-state index contributed by atoms with van der Waals surface area (Å²) >= 11 is 1.46. The lowest BCUT2D eigenvalue weighted by Crippen LogP contribution is -2.13. The van der Waals surface area contributed by atoms with Gasteiger partial charge in [-0.1, -0.05) is 48.5 Å². The SMILES string of the molecule is O=c1[nH]c2c([nH]c3ccccc32)c(-c2ccccc2)c1Nc1nccs1. The minimum absolute atomic E-state index is 0.170. The molecule has 26 heavy (non-hydrogen) atoms. The van der Waals surface area contributed by atoms with Crippen molar-refractivity contribution < 1.29 is 0 Å². The number of nitrogens with zero attached hydrogens (tertiary/aromatic N) is 1. The molecule has 0 saturated carbocycles. The molecule has 5 aromatic rings. The maximum absolute atomic E-state index is 12.9. The van der Waals surface area contributed by atoms with Crippen molar-refractivity contribution in [1.82, 2.24) is 15.0 Å². The molecule has 3 heterocycles. The molecule has 0 radical (unpaired) electrons. The Morgan fingerprint density at radius 1 is 0.923 bits per heavy atom. The normalized spacial score (nSPS) is 11.2. The van der Waals surface area contributed by atoms with Crippen molar-refractivity contribution in [2.45, 2.75) is 0 Å². The third-order valence-electron chi connectivity index (χ3n) is 4.40. The zero-order chi connectivity index (χ0) is 17.5. The number of hydrogen-bond donors (Lipinski definition) is 3. The van der Waals surface area contributed by atoms with Crippen molar-refractivity contribution in [3.05, 3.63) is 76.5 Å². The number of pyridine rings is 1. The van der Waals surface area contributed by atoms with Crippen molar-refractivity contribution in [2.24, 2.45) is 0 Å². The molecule has 0 bridgehead atoms. The van der Waals surface area contributed by atoms with Crippen LogP contribution in [0.3, 0.4) is 0 Å². The van der Waals surface area contributed by atoms with Gasteiger partial charge >= 0.3 is 0 Å². The number of para-hydroxylation sites is 1. The number of aromatic amines is 2. The molecule has 126 valence electrons. The first kappa shape index (κ1) is 14.9. The van der Waals surface area contributed by atoms with Gasteiger partial charge in [-0.25, -0.2) is 4.98 Å². The van der Waals surface area contributed by atoms with E-state index in [1.807, 2.05) is 60.0 Å². The number of anilines is 2. The number of thiazole rings is 1. The summed E-state index contributed by atoms with van der Waals surface area (Å²) in [6, 6.07) is 17.9. The summed E-state index contributed by atoms with van der Waals surface area (Å²) in [5.74, 6) is 0. The molecule has 0 spiro atoms. The summed E-state index contributed by atoms with van der Waals surface area (Å²) in [5.41, 5.74) is 4.83. The first-order valence-electron chi connectivity index (χ1n) is 8.20. The van der Waals surface area contributed by atoms with Gasteiger partial charge in [0.25, 0.3) is 5.56 Å². The van der Waals surface area contributed by atoms with Crippen LogP contribution in [0.4, 0.5) is 10.8 Å². The highest BCUT2D eigenvalue weighted by Gasteiger charge is 2.18. The summed E-state index contributed by atoms with van der Waals surface area (Å²) in [5, 5.41) is 6.76. The van der Waals surface area contributed by atoms with E-state index >= 15 is 0 Å². The van der Waals surface area contributed by atoms with Gasteiger partial charge in [0.05, 0.1) is 11.0 Å². The summed E-state index contributed by atoms with van der Waals surface area (Å²) in [6.07, 6.45) is 1.71. The van der Waals surface area contributed by atoms with Gasteiger partial charge in [0.1, 0.15) is 5.69 Å². The van der Waals surface area contributed by atoms with Crippen LogP contribution in [0, 0.1) is 0 Å². The van der Waals surface area contributed by atoms with Crippen molar-refractivity contribution in [3.63, 3.8) is 0 Å². The van der Waals surface area contributed by atoms with Gasteiger partial charge in [-0.3, -0.25) is 4.79 Å². The topological polar surface area (TPSA) is 73.6 Å². The third kappa shape index (κ3) is 2.31. The molecule has 0 aliphatic rings. The molecule has 0 saturated heterocycles. The third-order valence-corrected chi connectivity index (χ3v) is 5.09. The fourth-order valence-electron chi connectivity index (χ4n) is 3.28. The van der Waals surface area contributed by atoms with Crippen LogP contribution < -0.4 is 10.9 Å². The number of nitrogens with one attached hydrogen (secondary N) is 3. The quantitative estimate of drug-likeness (QED) is 0.430. The molecular weight excluding hydrogens is 344 g/mol. The van der Waals surface area contributed by atoms with Gasteiger partial charge < -0.3 is 15.3 Å². The second kappa shape index (κ2) is 5.86. The molecule has 6 heteroatoms. The summed E-state index contributed by atoms with van der Waals surface area (Å²) < 4.78 is 0. The van der Waals surface area contributed by atoms with Crippen molar-refractivity contribution >= 4 is 44.1 Å². The van der Waals surface area contributed by atoms with Gasteiger partial charge in [0.15, 0.2) is 5.13 Å². The minimum atomic E-state index is -0.170. The number of benzene rings is 2. The van der Waals surface area contributed by atoms with E-state index in [1.54, 1.807) is 6.20 Å². The molecule has 3 N–H and O–H groups in total. The molecule has 0 amide bonds. The first-order chi connectivity index (χ1) is 12.8. The second-order valence-electron chi connectivity index (χ2n) is 5.95. The average Bonchev–Trinajstić information content (AvgIpc) is 3.31. The lowest BCUT2D eigenvalue weighted by atomic mass is 10.0. The van der Waals surface area contributed by atoms with E-state index in [4.69, 9.17) is 0 Å². The van der Waals surface area contributed by atoms with Crippen LogP contribution in [0.25, 0.3) is 33.1 Å². The molecule has 5 rings (SSSR count). The molecule has 0 fully saturated rings. The Morgan fingerprint density at radius 2 is 1.73 bits per heavy atom. The molecule has 5 nitrogen and oxygen atoms in total. The Bertz CT molecular complexity index is 1270. The second-order valence-corrected chi connectivity index (χ2v) is 6.85. The van der Waals surface area contributed by atoms with E-state index in [1.165, 1.54) is 11.3 Å². The Kier molecular flexibility index (Phi) is 3.36. The smallest absolute Gasteiger partial charge is 0.272 e. The van der Waals surface area contributed by atoms with E-state index in [0.717, 1.165) is 33.1 Å². The maximum Gasteiger partial charge on any atom is 0.272 e. The Labute approximate surface area is 152 Å². The van der Waals surface area contributed by atoms with Crippen molar-refractivity contribution in [1.29, 1.82) is 0 Å². The van der Waals surface area contributed by atoms with E-state index in [-0.39, 0.29) is 5.56 Å². The Morgan fingerprint density at radius 3 is 2.54 bits per heavy atom. The van der Waals surface area contributed by atoms with Crippen LogP contribution >= 0.6 is 11.3 Å². The molecule has 0 aliphatic carbocycles. The van der Waals surface area contributed by atoms with Crippen molar-refractivity contribution in [2.75, 3.05) is 5.32 Å². The zero-order valence-corrected chi connectivity index (χ0v) is 14.4. The minimum Gasteiger partial charge on any atom is -0.353 e. The highest BCUT2D eigenvalue weighted by molar-refractivity contribution is 7.13. The van der Waals surface area contributed by atoms with Crippen LogP contribution in [0.1, 0.15) is 0 Å². The van der Waals surface area contributed by atoms with Gasteiger partial charge in [-0.2, -0.15) is 0 Å². The molecule has 0 unspecified atom stereocenters. The molecule has 0 aliphatic heterocycles. The van der Waals surface area contributed by atoms with Gasteiger partial charge in [0, 0.05) is 28.0 Å². The van der Waals surface area contributed by atoms with Crippen LogP contribution in [-0.2, 0) is 0 Å². The first-order valence-corrected chi connectivity index (χ1v) is 9.08. The Balaban J connectivity index is 1.89. The van der Waals surface area contributed by atoms with Crippen LogP contribution in [0.15, 0.2) is 71.0 Å². The Hall–Kier alpha value is -3.38. The largest absolute Gasteiger partial charge is 0.353 e. The number of aromatic nitrogens is 3. The van der Waals surface area contributed by atoms with E-state index in [9.17, 15) is 4.79 Å². The van der Waals surface area contributed by atoms with E-state index in [0.29, 0.717) is 10.8 Å². The van der Waals surface area contributed by atoms with E-state index < -0.39 is 0 Å². The van der Waals surface area contributed by atoms with Crippen molar-refractivity contribution in [3.8, 4) is 11.1 Å². The maximum atomic E-state index is 12.9. The lowest BCUT2D eigenvalue weighted by molar-refractivity contribution is 1.29. The lowest BCUT2D eigenvalue weighted by Gasteiger charge is -2.11. The van der Waals surface area contributed by atoms with Crippen LogP contribution in [-0.4, -0.2) is 15.0 Å². The zero-order valence-electron chi connectivity index (χ0n) is 13.6. The number of hydrogen-bond acceptors (Lipinski definition) is 4. The highest BCUT2D eigenvalue weighted by atomic mass is 32.1. The van der Waals surface area contributed by atoms with E-state index in [2.05, 4.69) is 20.3 Å². The number of H-pyrrole nitrogens is 2. The summed E-state index contributed by atoms with van der Waals surface area (Å²) in [7, 11) is 0. The van der Waals surface area contributed by atoms with Gasteiger partial charge in [-0.15, -0.1) is 11.3 Å². The van der Waals surface area contributed by atoms with Gasteiger partial charge in [0.2, 0.25) is 0 Å². The molecule has 2 aromatic carbocycles. The average molecular weight is 358 g/mol. The monoisotopic (exact) mass is 358 g/mol. The molecule has 3 aromatic heterocycles. The van der Waals surface area contributed by atoms with Crippen LogP contribution in [0.5, 0.6) is 0 Å². The molecular formula is C20H14N4OS. The van der Waals surface area contributed by atoms with Gasteiger partial charge in [-0.05, 0) is 11.6 Å². The standard InChI is InChI=1S/C20H14N4OS/c25-19-18(24-20-21-10-11-26-20)15(12-6-2-1-3-7-12)17-16(23-19)13-8-4-5-9-14(13)22-17/h1-11,22H,(H,21,24)(H,23,25). The fraction of sp³-hybridized carbons (Fsp3) is 0. The molecule has 0 atom stereocenters. The van der Waals surface area contributed by atoms with Crippen LogP contribution in [0.2, 0.25) is 0 Å².